The van der Waals surface area contributed by atoms with Gasteiger partial charge in [-0.1, -0.05) is 0 Å². The van der Waals surface area contributed by atoms with Crippen LogP contribution in [0.4, 0.5) is 0 Å². The summed E-state index contributed by atoms with van der Waals surface area (Å²) in [5.41, 5.74) is 0. The molecule has 0 amide bonds. The van der Waals surface area contributed by atoms with E-state index in [2.05, 4.69) is 11.3 Å². The van der Waals surface area contributed by atoms with Gasteiger partial charge in [0.1, 0.15) is 0 Å². The molecule has 0 aliphatic heterocycles. The number of hydrogen-bond acceptors (Lipinski definition) is 3. The molecule has 0 aromatic carbocycles. The minimum atomic E-state index is -3.27. The van der Waals surface area contributed by atoms with Gasteiger partial charge in [-0.25, -0.2) is 15.5 Å². The van der Waals surface area contributed by atoms with E-state index in [0.29, 0.717) is 0 Å². The van der Waals surface area contributed by atoms with Crippen LogP contribution in [-0.2, 0) is 31.4 Å². The zero-order valence-corrected chi connectivity index (χ0v) is 5.40. The normalized spacial score (nSPS) is 10.0. The Bertz CT molecular complexity index is 115. The Balaban J connectivity index is 0. The van der Waals surface area contributed by atoms with Gasteiger partial charge in [-0.15, -0.1) is 0 Å². The maximum atomic E-state index is 9.72. The fourth-order valence-electron chi connectivity index (χ4n) is 0. The van der Waals surface area contributed by atoms with Crippen molar-refractivity contribution >= 4 is 10.1 Å². The Morgan fingerprint density at radius 3 is 1.71 bits per heavy atom. The largest absolute Gasteiger partial charge is 1.00 e. The summed E-state index contributed by atoms with van der Waals surface area (Å²) in [6.45, 7) is 0. The zero-order valence-electron chi connectivity index (χ0n) is 3.64. The van der Waals surface area contributed by atoms with Gasteiger partial charge in [0.25, 0.3) is 0 Å². The molecule has 7 heavy (non-hydrogen) atoms. The molecule has 0 saturated carbocycles. The van der Waals surface area contributed by atoms with Crippen molar-refractivity contribution in [1.29, 1.82) is 0 Å². The van der Waals surface area contributed by atoms with Gasteiger partial charge in [-0.05, 0) is 0 Å². The van der Waals surface area contributed by atoms with Crippen molar-refractivity contribution in [3.05, 3.63) is 7.11 Å². The molecule has 0 aromatic heterocycles. The summed E-state index contributed by atoms with van der Waals surface area (Å²) < 4.78 is 23.1. The molecule has 0 bridgehead atoms. The molecule has 0 rings (SSSR count). The van der Waals surface area contributed by atoms with E-state index in [0.717, 1.165) is 6.26 Å². The Morgan fingerprint density at radius 2 is 1.71 bits per heavy atom. The third-order valence-corrected chi connectivity index (χ3v) is 0.642. The van der Waals surface area contributed by atoms with E-state index in [1.807, 2.05) is 0 Å². The summed E-state index contributed by atoms with van der Waals surface area (Å²) in [6.07, 6.45) is 0.931. The second-order valence-corrected chi connectivity index (χ2v) is 2.47. The summed E-state index contributed by atoms with van der Waals surface area (Å²) in [7, 11) is -0.604. The molecule has 3 nitrogen and oxygen atoms in total. The van der Waals surface area contributed by atoms with Crippen LogP contribution >= 0.6 is 0 Å². The quantitative estimate of drug-likeness (QED) is 0.311. The predicted octanol–water partition coefficient (Wildman–Crippen LogP) is -0.248. The fourth-order valence-corrected chi connectivity index (χ4v) is 0. The topological polar surface area (TPSA) is 43.4 Å². The summed E-state index contributed by atoms with van der Waals surface area (Å²) in [4.78, 5) is 0. The van der Waals surface area contributed by atoms with E-state index in [1.165, 1.54) is 0 Å². The Hall–Kier alpha value is 0.429. The first kappa shape index (κ1) is 10.4. The Labute approximate surface area is 53.6 Å². The molecule has 0 N–H and O–H groups in total. The van der Waals surface area contributed by atoms with Crippen molar-refractivity contribution in [3.8, 4) is 0 Å². The van der Waals surface area contributed by atoms with Crippen molar-refractivity contribution in [2.75, 3.05) is 6.26 Å². The number of rotatable bonds is 1. The molecule has 48 valence electrons. The van der Waals surface area contributed by atoms with E-state index >= 15 is 0 Å². The molecule has 0 saturated heterocycles. The molecule has 0 unspecified atom stereocenters. The van der Waals surface area contributed by atoms with Gasteiger partial charge in [-0.3, -0.25) is 0 Å². The molecule has 0 aliphatic carbocycles. The molecule has 0 fully saturated rings. The number of hydrogen-bond donors (Lipinski definition) is 0. The van der Waals surface area contributed by atoms with Crippen LogP contribution in [0.2, 0.25) is 0 Å². The average molecular weight is 173 g/mol. The van der Waals surface area contributed by atoms with Crippen LogP contribution in [0.15, 0.2) is 0 Å². The molecular weight excluding hydrogens is 168 g/mol. The van der Waals surface area contributed by atoms with E-state index < -0.39 is 10.1 Å². The maximum Gasteiger partial charge on any atom is 1.00 e. The van der Waals surface area contributed by atoms with Gasteiger partial charge in [0.05, 0.1) is 6.26 Å². The zero-order chi connectivity index (χ0) is 5.21. The van der Waals surface area contributed by atoms with E-state index in [1.54, 1.807) is 0 Å². The van der Waals surface area contributed by atoms with Crippen molar-refractivity contribution in [1.82, 2.24) is 0 Å². The molecule has 0 heterocycles. The Morgan fingerprint density at radius 1 is 1.57 bits per heavy atom. The molecular formula is C2H5CuO3S. The van der Waals surface area contributed by atoms with Crippen molar-refractivity contribution in [2.24, 2.45) is 0 Å². The van der Waals surface area contributed by atoms with Crippen LogP contribution in [0.5, 0.6) is 0 Å². The summed E-state index contributed by atoms with van der Waals surface area (Å²) >= 11 is 0. The SMILES string of the molecule is [CH2-]OS(C)(=O)=O.[Cu+]. The maximum absolute atomic E-state index is 9.72. The Kier molecular flexibility index (Phi) is 5.11. The fraction of sp³-hybridized carbons (Fsp3) is 0.500. The molecule has 0 atom stereocenters. The first-order valence-electron chi connectivity index (χ1n) is 1.20. The van der Waals surface area contributed by atoms with Crippen LogP contribution in [0, 0.1) is 7.11 Å². The standard InChI is InChI=1S/C2H5O3S.Cu/c1-5-6(2,3)4;/h1H2,2H3;/q-1;+1. The molecule has 0 radical (unpaired) electrons. The minimum Gasteiger partial charge on any atom is -0.450 e. The van der Waals surface area contributed by atoms with Crippen molar-refractivity contribution in [3.63, 3.8) is 0 Å². The van der Waals surface area contributed by atoms with E-state index in [9.17, 15) is 8.42 Å². The van der Waals surface area contributed by atoms with Gasteiger partial charge in [0.15, 0.2) is 0 Å². The molecule has 0 aromatic rings. The van der Waals surface area contributed by atoms with Crippen LogP contribution < -0.4 is 0 Å². The smallest absolute Gasteiger partial charge is 0.450 e. The molecule has 0 aliphatic rings. The minimum absolute atomic E-state index is 0. The van der Waals surface area contributed by atoms with E-state index in [-0.39, 0.29) is 17.1 Å². The van der Waals surface area contributed by atoms with Crippen LogP contribution in [0.1, 0.15) is 0 Å². The first-order chi connectivity index (χ1) is 2.56. The summed E-state index contributed by atoms with van der Waals surface area (Å²) in [5.74, 6) is 0. The third kappa shape index (κ3) is 10.7. The second kappa shape index (κ2) is 3.43. The van der Waals surface area contributed by atoms with Crippen LogP contribution in [0.25, 0.3) is 0 Å². The van der Waals surface area contributed by atoms with Crippen molar-refractivity contribution < 1.29 is 29.7 Å². The van der Waals surface area contributed by atoms with Gasteiger partial charge < -0.3 is 4.18 Å². The summed E-state index contributed by atoms with van der Waals surface area (Å²) in [5, 5.41) is 0. The van der Waals surface area contributed by atoms with Crippen LogP contribution in [-0.4, -0.2) is 14.7 Å². The summed E-state index contributed by atoms with van der Waals surface area (Å²) in [6, 6.07) is 0. The first-order valence-corrected chi connectivity index (χ1v) is 3.01. The monoisotopic (exact) mass is 172 g/mol. The van der Waals surface area contributed by atoms with Gasteiger partial charge in [0.2, 0.25) is 10.1 Å². The van der Waals surface area contributed by atoms with Gasteiger partial charge >= 0.3 is 17.1 Å². The van der Waals surface area contributed by atoms with Crippen molar-refractivity contribution in [2.45, 2.75) is 0 Å². The van der Waals surface area contributed by atoms with Gasteiger partial charge in [-0.2, -0.15) is 0 Å². The average Bonchev–Trinajstić information content (AvgIpc) is 1.35. The van der Waals surface area contributed by atoms with E-state index in [4.69, 9.17) is 0 Å². The second-order valence-electron chi connectivity index (χ2n) is 0.822. The van der Waals surface area contributed by atoms with Gasteiger partial charge in [0, 0.05) is 0 Å². The third-order valence-electron chi connectivity index (χ3n) is 0.214. The van der Waals surface area contributed by atoms with Crippen LogP contribution in [0.3, 0.4) is 0 Å². The molecule has 5 heteroatoms. The predicted molar refractivity (Wildman–Crippen MR) is 21.3 cm³/mol. The molecule has 0 spiro atoms.